The molecule has 1 aromatic carbocycles. The molecule has 0 heterocycles. The first kappa shape index (κ1) is 18.3. The van der Waals surface area contributed by atoms with Gasteiger partial charge in [-0.15, -0.1) is 0 Å². The van der Waals surface area contributed by atoms with E-state index in [-0.39, 0.29) is 6.42 Å². The summed E-state index contributed by atoms with van der Waals surface area (Å²) in [6, 6.07) is 8.37. The standard InChI is InChI=1S/C15H22N2O4S/c1-17(2,3)12-14(11-15(18)19)16-22(20,21)10-9-13-7-5-4-6-8-13/h4-10,14,16H,11-12H2,1-3H3/p+1. The minimum Gasteiger partial charge on any atom is -0.481 e. The number of aliphatic carboxylic acids is 1. The lowest BCUT2D eigenvalue weighted by molar-refractivity contribution is -0.871. The van der Waals surface area contributed by atoms with Gasteiger partial charge in [-0.05, 0) is 11.6 Å². The molecule has 1 rings (SSSR count). The van der Waals surface area contributed by atoms with Crippen LogP contribution < -0.4 is 4.72 Å². The second-order valence-electron chi connectivity index (χ2n) is 6.14. The molecule has 0 aliphatic heterocycles. The van der Waals surface area contributed by atoms with E-state index in [0.29, 0.717) is 11.0 Å². The summed E-state index contributed by atoms with van der Waals surface area (Å²) in [6.45, 7) is 0.380. The van der Waals surface area contributed by atoms with Crippen LogP contribution in [-0.2, 0) is 14.8 Å². The lowest BCUT2D eigenvalue weighted by Gasteiger charge is -2.28. The molecular formula is C15H23N2O4S+. The van der Waals surface area contributed by atoms with Gasteiger partial charge in [-0.3, -0.25) is 4.79 Å². The van der Waals surface area contributed by atoms with E-state index in [1.54, 1.807) is 12.1 Å². The Labute approximate surface area is 131 Å². The van der Waals surface area contributed by atoms with Crippen molar-refractivity contribution in [2.24, 2.45) is 0 Å². The minimum atomic E-state index is -3.70. The number of rotatable bonds is 8. The van der Waals surface area contributed by atoms with Crippen LogP contribution in [0.15, 0.2) is 35.7 Å². The molecule has 0 radical (unpaired) electrons. The number of carboxylic acid groups (broad SMARTS) is 1. The number of benzene rings is 1. The third-order valence-corrected chi connectivity index (χ3v) is 3.92. The zero-order valence-corrected chi connectivity index (χ0v) is 13.9. The maximum atomic E-state index is 12.1. The van der Waals surface area contributed by atoms with Crippen LogP contribution in [0.5, 0.6) is 0 Å². The van der Waals surface area contributed by atoms with Gasteiger partial charge in [0.15, 0.2) is 0 Å². The number of sulfonamides is 1. The van der Waals surface area contributed by atoms with Crippen molar-refractivity contribution in [1.82, 2.24) is 4.72 Å². The third-order valence-electron chi connectivity index (χ3n) is 2.76. The number of nitrogens with one attached hydrogen (secondary N) is 1. The molecular weight excluding hydrogens is 304 g/mol. The third kappa shape index (κ3) is 7.92. The van der Waals surface area contributed by atoms with E-state index in [2.05, 4.69) is 4.72 Å². The molecule has 0 aromatic heterocycles. The fourth-order valence-corrected chi connectivity index (χ4v) is 3.06. The topological polar surface area (TPSA) is 83.5 Å². The normalized spacial score (nSPS) is 14.1. The fourth-order valence-electron chi connectivity index (χ4n) is 2.02. The lowest BCUT2D eigenvalue weighted by Crippen LogP contribution is -2.49. The van der Waals surface area contributed by atoms with Crippen molar-refractivity contribution >= 4 is 22.1 Å². The SMILES string of the molecule is C[N+](C)(C)CC(CC(=O)O)NS(=O)(=O)C=Cc1ccccc1. The summed E-state index contributed by atoms with van der Waals surface area (Å²) in [5.41, 5.74) is 0.759. The molecule has 0 aliphatic rings. The van der Waals surface area contributed by atoms with E-state index in [4.69, 9.17) is 5.11 Å². The quantitative estimate of drug-likeness (QED) is 0.701. The van der Waals surface area contributed by atoms with Crippen molar-refractivity contribution in [3.05, 3.63) is 41.3 Å². The Morgan fingerprint density at radius 1 is 1.27 bits per heavy atom. The zero-order valence-electron chi connectivity index (χ0n) is 13.1. The van der Waals surface area contributed by atoms with Crippen LogP contribution in [0.3, 0.4) is 0 Å². The highest BCUT2D eigenvalue weighted by Gasteiger charge is 2.24. The van der Waals surface area contributed by atoms with Crippen molar-refractivity contribution in [3.8, 4) is 0 Å². The van der Waals surface area contributed by atoms with Crippen molar-refractivity contribution in [2.75, 3.05) is 27.7 Å². The number of hydrogen-bond acceptors (Lipinski definition) is 3. The molecule has 0 fully saturated rings. The van der Waals surface area contributed by atoms with Gasteiger partial charge >= 0.3 is 5.97 Å². The van der Waals surface area contributed by atoms with Crippen molar-refractivity contribution < 1.29 is 22.8 Å². The molecule has 1 unspecified atom stereocenters. The van der Waals surface area contributed by atoms with Crippen LogP contribution in [0.2, 0.25) is 0 Å². The lowest BCUT2D eigenvalue weighted by atomic mass is 10.2. The first-order valence-electron chi connectivity index (χ1n) is 6.85. The van der Waals surface area contributed by atoms with Crippen LogP contribution in [0.4, 0.5) is 0 Å². The summed E-state index contributed by atoms with van der Waals surface area (Å²) in [4.78, 5) is 10.9. The number of likely N-dealkylation sites (N-methyl/N-ethyl adjacent to an activating group) is 1. The Balaban J connectivity index is 2.81. The van der Waals surface area contributed by atoms with Crippen LogP contribution in [0.25, 0.3) is 6.08 Å². The van der Waals surface area contributed by atoms with Gasteiger partial charge in [0.1, 0.15) is 0 Å². The zero-order chi connectivity index (χ0) is 16.8. The molecule has 122 valence electrons. The van der Waals surface area contributed by atoms with Gasteiger partial charge in [0.05, 0.1) is 40.2 Å². The van der Waals surface area contributed by atoms with Gasteiger partial charge in [-0.25, -0.2) is 13.1 Å². The van der Waals surface area contributed by atoms with Crippen molar-refractivity contribution in [3.63, 3.8) is 0 Å². The first-order chi connectivity index (χ1) is 10.1. The molecule has 0 saturated heterocycles. The maximum absolute atomic E-state index is 12.1. The van der Waals surface area contributed by atoms with Crippen molar-refractivity contribution in [2.45, 2.75) is 12.5 Å². The number of hydrogen-bond donors (Lipinski definition) is 2. The van der Waals surface area contributed by atoms with Gasteiger partial charge < -0.3 is 9.59 Å². The Hall–Kier alpha value is -1.70. The molecule has 22 heavy (non-hydrogen) atoms. The molecule has 1 aromatic rings. The maximum Gasteiger partial charge on any atom is 0.305 e. The first-order valence-corrected chi connectivity index (χ1v) is 8.40. The Morgan fingerprint density at radius 2 is 1.86 bits per heavy atom. The molecule has 1 atom stereocenters. The number of quaternary nitrogens is 1. The van der Waals surface area contributed by atoms with Crippen molar-refractivity contribution in [1.29, 1.82) is 0 Å². The van der Waals surface area contributed by atoms with Gasteiger partial charge in [0.2, 0.25) is 10.0 Å². The molecule has 0 amide bonds. The summed E-state index contributed by atoms with van der Waals surface area (Å²) in [6.07, 6.45) is 1.22. The Bertz CT molecular complexity index is 619. The summed E-state index contributed by atoms with van der Waals surface area (Å²) in [5.74, 6) is -1.03. The minimum absolute atomic E-state index is 0.256. The van der Waals surface area contributed by atoms with E-state index >= 15 is 0 Å². The Kier molecular flexibility index (Phi) is 6.28. The molecule has 6 nitrogen and oxygen atoms in total. The van der Waals surface area contributed by atoms with Gasteiger partial charge in [-0.2, -0.15) is 0 Å². The number of carboxylic acids is 1. The Morgan fingerprint density at radius 3 is 2.36 bits per heavy atom. The number of carbonyl (C=O) groups is 1. The highest BCUT2D eigenvalue weighted by atomic mass is 32.2. The fraction of sp³-hybridized carbons (Fsp3) is 0.400. The van der Waals surface area contributed by atoms with Crippen LogP contribution in [0.1, 0.15) is 12.0 Å². The highest BCUT2D eigenvalue weighted by Crippen LogP contribution is 2.06. The summed E-state index contributed by atoms with van der Waals surface area (Å²) in [5, 5.41) is 9.99. The van der Waals surface area contributed by atoms with E-state index < -0.39 is 22.0 Å². The van der Waals surface area contributed by atoms with E-state index in [1.165, 1.54) is 6.08 Å². The smallest absolute Gasteiger partial charge is 0.305 e. The van der Waals surface area contributed by atoms with Crippen LogP contribution in [-0.4, -0.2) is 57.7 Å². The predicted molar refractivity (Wildman–Crippen MR) is 86.5 cm³/mol. The molecule has 2 N–H and O–H groups in total. The van der Waals surface area contributed by atoms with Gasteiger partial charge in [0, 0.05) is 5.41 Å². The monoisotopic (exact) mass is 327 g/mol. The van der Waals surface area contributed by atoms with Crippen LogP contribution in [0, 0.1) is 0 Å². The second-order valence-corrected chi connectivity index (χ2v) is 7.74. The average molecular weight is 327 g/mol. The average Bonchev–Trinajstić information content (AvgIpc) is 2.34. The number of nitrogens with zero attached hydrogens (tertiary/aromatic N) is 1. The van der Waals surface area contributed by atoms with E-state index in [9.17, 15) is 13.2 Å². The second kappa shape index (κ2) is 7.53. The molecule has 7 heteroatoms. The largest absolute Gasteiger partial charge is 0.481 e. The highest BCUT2D eigenvalue weighted by molar-refractivity contribution is 7.92. The van der Waals surface area contributed by atoms with E-state index in [1.807, 2.05) is 39.3 Å². The van der Waals surface area contributed by atoms with E-state index in [0.717, 1.165) is 11.0 Å². The van der Waals surface area contributed by atoms with Gasteiger partial charge in [0.25, 0.3) is 0 Å². The molecule has 0 spiro atoms. The summed E-state index contributed by atoms with van der Waals surface area (Å²) in [7, 11) is 1.93. The summed E-state index contributed by atoms with van der Waals surface area (Å²) < 4.78 is 27.1. The molecule has 0 saturated carbocycles. The molecule has 0 bridgehead atoms. The van der Waals surface area contributed by atoms with Gasteiger partial charge in [-0.1, -0.05) is 30.3 Å². The summed E-state index contributed by atoms with van der Waals surface area (Å²) >= 11 is 0. The van der Waals surface area contributed by atoms with Crippen LogP contribution >= 0.6 is 0 Å². The predicted octanol–water partition coefficient (Wildman–Crippen LogP) is 1.13. The molecule has 0 aliphatic carbocycles.